The molecule has 6 nitrogen and oxygen atoms in total. The number of Topliss-reactive ketones (excluding diaryl/α,β-unsaturated/α-hetero) is 1. The number of nitrogens with zero attached hydrogens (tertiary/aromatic N) is 2. The first-order valence-corrected chi connectivity index (χ1v) is 11.4. The Morgan fingerprint density at radius 2 is 1.43 bits per heavy atom. The van der Waals surface area contributed by atoms with Gasteiger partial charge in [0.15, 0.2) is 5.78 Å². The van der Waals surface area contributed by atoms with Gasteiger partial charge in [-0.05, 0) is 61.4 Å². The summed E-state index contributed by atoms with van der Waals surface area (Å²) < 4.78 is 0. The van der Waals surface area contributed by atoms with Crippen molar-refractivity contribution in [1.29, 1.82) is 0 Å². The fourth-order valence-corrected chi connectivity index (χ4v) is 5.06. The summed E-state index contributed by atoms with van der Waals surface area (Å²) in [7, 11) is 0. The lowest BCUT2D eigenvalue weighted by molar-refractivity contribution is -0.138. The van der Waals surface area contributed by atoms with Crippen molar-refractivity contribution in [3.8, 4) is 5.75 Å². The number of piperidine rings is 2. The van der Waals surface area contributed by atoms with Crippen LogP contribution in [-0.2, 0) is 4.79 Å². The number of ketones is 1. The molecule has 1 aromatic carbocycles. The lowest BCUT2D eigenvalue weighted by Crippen LogP contribution is -2.47. The minimum Gasteiger partial charge on any atom is -0.508 e. The Hall–Kier alpha value is -2.67. The van der Waals surface area contributed by atoms with Crippen LogP contribution >= 0.6 is 11.3 Å². The highest BCUT2D eigenvalue weighted by Crippen LogP contribution is 2.27. The van der Waals surface area contributed by atoms with Crippen LogP contribution in [0.25, 0.3) is 0 Å². The van der Waals surface area contributed by atoms with Crippen LogP contribution < -0.4 is 0 Å². The van der Waals surface area contributed by atoms with Crippen molar-refractivity contribution in [3.63, 3.8) is 0 Å². The van der Waals surface area contributed by atoms with Crippen LogP contribution in [0.3, 0.4) is 0 Å². The second-order valence-corrected chi connectivity index (χ2v) is 9.00. The van der Waals surface area contributed by atoms with Crippen molar-refractivity contribution < 1.29 is 19.5 Å². The van der Waals surface area contributed by atoms with Crippen molar-refractivity contribution in [3.05, 3.63) is 52.2 Å². The van der Waals surface area contributed by atoms with Crippen molar-refractivity contribution in [1.82, 2.24) is 9.80 Å². The van der Waals surface area contributed by atoms with Crippen LogP contribution in [0.2, 0.25) is 0 Å². The van der Waals surface area contributed by atoms with Crippen molar-refractivity contribution in [2.45, 2.75) is 25.7 Å². The third kappa shape index (κ3) is 4.41. The van der Waals surface area contributed by atoms with Gasteiger partial charge in [0.05, 0.1) is 4.88 Å². The van der Waals surface area contributed by atoms with E-state index in [-0.39, 0.29) is 35.2 Å². The number of amides is 2. The summed E-state index contributed by atoms with van der Waals surface area (Å²) >= 11 is 1.45. The number of phenolic OH excluding ortho intramolecular Hbond substituents is 1. The summed E-state index contributed by atoms with van der Waals surface area (Å²) in [6.07, 6.45) is 2.73. The van der Waals surface area contributed by atoms with Gasteiger partial charge in [0, 0.05) is 43.6 Å². The van der Waals surface area contributed by atoms with E-state index in [0.717, 1.165) is 4.88 Å². The predicted octanol–water partition coefficient (Wildman–Crippen LogP) is 3.43. The largest absolute Gasteiger partial charge is 0.508 e. The van der Waals surface area contributed by atoms with Crippen molar-refractivity contribution >= 4 is 28.9 Å². The molecule has 158 valence electrons. The Balaban J connectivity index is 1.26. The number of carbonyl (C=O) groups excluding carboxylic acids is 3. The topological polar surface area (TPSA) is 77.9 Å². The first-order chi connectivity index (χ1) is 14.5. The summed E-state index contributed by atoms with van der Waals surface area (Å²) in [6.45, 7) is 2.43. The lowest BCUT2D eigenvalue weighted by atomic mass is 9.87. The highest BCUT2D eigenvalue weighted by Gasteiger charge is 2.33. The van der Waals surface area contributed by atoms with Crippen molar-refractivity contribution in [2.75, 3.05) is 26.2 Å². The Morgan fingerprint density at radius 1 is 0.833 bits per heavy atom. The molecule has 2 aromatic rings. The SMILES string of the molecule is O=C(c1ccc(O)cc1)C1CCN(C(=O)C2CCN(C(=O)c3cccs3)CC2)CC1. The van der Waals surface area contributed by atoms with Gasteiger partial charge in [0.1, 0.15) is 5.75 Å². The van der Waals surface area contributed by atoms with Crippen LogP contribution in [0.5, 0.6) is 5.75 Å². The van der Waals surface area contributed by atoms with Gasteiger partial charge >= 0.3 is 0 Å². The first kappa shape index (κ1) is 20.6. The minimum atomic E-state index is -0.0798. The molecule has 2 aliphatic heterocycles. The highest BCUT2D eigenvalue weighted by atomic mass is 32.1. The van der Waals surface area contributed by atoms with Gasteiger partial charge < -0.3 is 14.9 Å². The molecule has 2 fully saturated rings. The molecule has 0 radical (unpaired) electrons. The molecule has 2 saturated heterocycles. The molecule has 2 aliphatic rings. The second kappa shape index (κ2) is 9.00. The van der Waals surface area contributed by atoms with E-state index < -0.39 is 0 Å². The van der Waals surface area contributed by atoms with Crippen LogP contribution in [0, 0.1) is 11.8 Å². The van der Waals surface area contributed by atoms with Gasteiger partial charge in [-0.15, -0.1) is 11.3 Å². The zero-order valence-electron chi connectivity index (χ0n) is 16.8. The van der Waals surface area contributed by atoms with Gasteiger partial charge in [-0.1, -0.05) is 6.07 Å². The summed E-state index contributed by atoms with van der Waals surface area (Å²) in [5, 5.41) is 11.3. The second-order valence-electron chi connectivity index (χ2n) is 8.05. The Labute approximate surface area is 180 Å². The van der Waals surface area contributed by atoms with E-state index in [9.17, 15) is 19.5 Å². The third-order valence-electron chi connectivity index (χ3n) is 6.19. The molecule has 3 heterocycles. The highest BCUT2D eigenvalue weighted by molar-refractivity contribution is 7.12. The molecule has 30 heavy (non-hydrogen) atoms. The van der Waals surface area contributed by atoms with Crippen LogP contribution in [-0.4, -0.2) is 58.7 Å². The fraction of sp³-hybridized carbons (Fsp3) is 0.435. The molecule has 7 heteroatoms. The number of rotatable bonds is 4. The molecular weight excluding hydrogens is 400 g/mol. The summed E-state index contributed by atoms with van der Waals surface area (Å²) in [4.78, 5) is 42.6. The van der Waals surface area contributed by atoms with Crippen molar-refractivity contribution in [2.24, 2.45) is 11.8 Å². The molecule has 0 aliphatic carbocycles. The Morgan fingerprint density at radius 3 is 2.03 bits per heavy atom. The maximum atomic E-state index is 13.0. The van der Waals surface area contributed by atoms with E-state index in [0.29, 0.717) is 57.4 Å². The van der Waals surface area contributed by atoms with E-state index in [1.54, 1.807) is 12.1 Å². The van der Waals surface area contributed by atoms with E-state index in [1.807, 2.05) is 27.3 Å². The van der Waals surface area contributed by atoms with Crippen LogP contribution in [0.4, 0.5) is 0 Å². The first-order valence-electron chi connectivity index (χ1n) is 10.5. The molecule has 0 atom stereocenters. The monoisotopic (exact) mass is 426 g/mol. The maximum absolute atomic E-state index is 13.0. The molecular formula is C23H26N2O4S. The average molecular weight is 427 g/mol. The number of hydrogen-bond acceptors (Lipinski definition) is 5. The molecule has 0 unspecified atom stereocenters. The number of thiophene rings is 1. The fourth-order valence-electron chi connectivity index (χ4n) is 4.37. The number of phenols is 1. The number of benzene rings is 1. The van der Waals surface area contributed by atoms with Gasteiger partial charge in [-0.25, -0.2) is 0 Å². The van der Waals surface area contributed by atoms with Gasteiger partial charge in [-0.2, -0.15) is 0 Å². The standard InChI is InChI=1S/C23H26N2O4S/c26-19-5-3-16(4-6-19)21(27)17-7-11-24(12-8-17)22(28)18-9-13-25(14-10-18)23(29)20-2-1-15-30-20/h1-6,15,17-18,26H,7-14H2. The van der Waals surface area contributed by atoms with E-state index in [4.69, 9.17) is 0 Å². The summed E-state index contributed by atoms with van der Waals surface area (Å²) in [5.74, 6) is 0.335. The van der Waals surface area contributed by atoms with Gasteiger partial charge in [0.25, 0.3) is 5.91 Å². The zero-order valence-corrected chi connectivity index (χ0v) is 17.6. The van der Waals surface area contributed by atoms with Crippen LogP contribution in [0.15, 0.2) is 41.8 Å². The molecule has 4 rings (SSSR count). The molecule has 0 saturated carbocycles. The third-order valence-corrected chi connectivity index (χ3v) is 7.05. The number of hydrogen-bond donors (Lipinski definition) is 1. The maximum Gasteiger partial charge on any atom is 0.263 e. The van der Waals surface area contributed by atoms with Gasteiger partial charge in [-0.3, -0.25) is 14.4 Å². The van der Waals surface area contributed by atoms with Crippen LogP contribution in [0.1, 0.15) is 45.7 Å². The number of carbonyl (C=O) groups is 3. The smallest absolute Gasteiger partial charge is 0.263 e. The minimum absolute atomic E-state index is 0.0401. The quantitative estimate of drug-likeness (QED) is 0.760. The Kier molecular flexibility index (Phi) is 6.18. The number of aromatic hydroxyl groups is 1. The van der Waals surface area contributed by atoms with Gasteiger partial charge in [0.2, 0.25) is 5.91 Å². The summed E-state index contributed by atoms with van der Waals surface area (Å²) in [6, 6.07) is 10.1. The lowest BCUT2D eigenvalue weighted by Gasteiger charge is -2.37. The molecule has 1 aromatic heterocycles. The predicted molar refractivity (Wildman–Crippen MR) is 115 cm³/mol. The van der Waals surface area contributed by atoms with E-state index >= 15 is 0 Å². The van der Waals surface area contributed by atoms with E-state index in [2.05, 4.69) is 0 Å². The molecule has 2 amide bonds. The molecule has 0 spiro atoms. The summed E-state index contributed by atoms with van der Waals surface area (Å²) in [5.41, 5.74) is 0.611. The molecule has 0 bridgehead atoms. The number of likely N-dealkylation sites (tertiary alicyclic amines) is 2. The molecule has 1 N–H and O–H groups in total. The zero-order chi connectivity index (χ0) is 21.1. The average Bonchev–Trinajstić information content (AvgIpc) is 3.33. The normalized spacial score (nSPS) is 18.4. The Bertz CT molecular complexity index is 894. The van der Waals surface area contributed by atoms with E-state index in [1.165, 1.54) is 23.5 Å².